The maximum atomic E-state index is 12.4. The van der Waals surface area contributed by atoms with Crippen LogP contribution in [0.1, 0.15) is 30.1 Å². The highest BCUT2D eigenvalue weighted by molar-refractivity contribution is 5.94. The van der Waals surface area contributed by atoms with Crippen molar-refractivity contribution in [1.29, 1.82) is 0 Å². The Morgan fingerprint density at radius 2 is 2.00 bits per heavy atom. The molecule has 1 fully saturated rings. The molecule has 2 rings (SSSR count). The van der Waals surface area contributed by atoms with Crippen molar-refractivity contribution in [3.8, 4) is 0 Å². The van der Waals surface area contributed by atoms with Crippen molar-refractivity contribution in [2.45, 2.75) is 25.9 Å². The molecule has 0 aromatic heterocycles. The standard InChI is InChI=1S/C16H24N2O3/c1-2-17-14-5-3-13(4-6-14)16(20)18-9-7-15(8-10-18)21-12-11-19/h3-6,15,17,19H,2,7-12H2,1H3. The Morgan fingerprint density at radius 1 is 1.33 bits per heavy atom. The molecular weight excluding hydrogens is 268 g/mol. The van der Waals surface area contributed by atoms with Gasteiger partial charge in [0.2, 0.25) is 0 Å². The van der Waals surface area contributed by atoms with Crippen molar-refractivity contribution in [3.05, 3.63) is 29.8 Å². The minimum Gasteiger partial charge on any atom is -0.394 e. The van der Waals surface area contributed by atoms with Gasteiger partial charge in [0.1, 0.15) is 0 Å². The molecule has 1 aromatic carbocycles. The Labute approximate surface area is 125 Å². The lowest BCUT2D eigenvalue weighted by atomic mass is 10.1. The van der Waals surface area contributed by atoms with Crippen molar-refractivity contribution >= 4 is 11.6 Å². The summed E-state index contributed by atoms with van der Waals surface area (Å²) in [6, 6.07) is 7.62. The van der Waals surface area contributed by atoms with E-state index in [0.717, 1.165) is 30.6 Å². The third-order valence-electron chi connectivity index (χ3n) is 3.69. The highest BCUT2D eigenvalue weighted by Gasteiger charge is 2.23. The predicted molar refractivity (Wildman–Crippen MR) is 82.6 cm³/mol. The number of nitrogens with one attached hydrogen (secondary N) is 1. The average molecular weight is 292 g/mol. The summed E-state index contributed by atoms with van der Waals surface area (Å²) < 4.78 is 5.51. The molecule has 0 bridgehead atoms. The summed E-state index contributed by atoms with van der Waals surface area (Å²) in [6.45, 7) is 4.77. The second-order valence-electron chi connectivity index (χ2n) is 5.19. The summed E-state index contributed by atoms with van der Waals surface area (Å²) in [5.74, 6) is 0.0821. The fraction of sp³-hybridized carbons (Fsp3) is 0.562. The number of hydrogen-bond acceptors (Lipinski definition) is 4. The lowest BCUT2D eigenvalue weighted by molar-refractivity contribution is -0.00554. The third kappa shape index (κ3) is 4.44. The van der Waals surface area contributed by atoms with Gasteiger partial charge in [-0.15, -0.1) is 0 Å². The van der Waals surface area contributed by atoms with Crippen LogP contribution >= 0.6 is 0 Å². The number of carbonyl (C=O) groups excluding carboxylic acids is 1. The number of rotatable bonds is 6. The quantitative estimate of drug-likeness (QED) is 0.838. The molecule has 1 aliphatic rings. The van der Waals surface area contributed by atoms with E-state index in [2.05, 4.69) is 5.32 Å². The van der Waals surface area contributed by atoms with E-state index >= 15 is 0 Å². The number of piperidine rings is 1. The zero-order chi connectivity index (χ0) is 15.1. The molecule has 2 N–H and O–H groups in total. The van der Waals surface area contributed by atoms with E-state index in [1.165, 1.54) is 0 Å². The van der Waals surface area contributed by atoms with E-state index in [-0.39, 0.29) is 18.6 Å². The molecule has 0 saturated carbocycles. The SMILES string of the molecule is CCNc1ccc(C(=O)N2CCC(OCCO)CC2)cc1. The molecule has 1 aromatic rings. The van der Waals surface area contributed by atoms with Crippen LogP contribution in [-0.2, 0) is 4.74 Å². The summed E-state index contributed by atoms with van der Waals surface area (Å²) in [5, 5.41) is 12.0. The number of hydrogen-bond donors (Lipinski definition) is 2. The second kappa shape index (κ2) is 8.00. The van der Waals surface area contributed by atoms with Gasteiger partial charge in [-0.25, -0.2) is 0 Å². The van der Waals surface area contributed by atoms with Gasteiger partial charge < -0.3 is 20.1 Å². The molecule has 0 aliphatic carbocycles. The molecule has 1 saturated heterocycles. The van der Waals surface area contributed by atoms with Gasteiger partial charge in [0.15, 0.2) is 0 Å². The first-order chi connectivity index (χ1) is 10.2. The monoisotopic (exact) mass is 292 g/mol. The molecule has 0 radical (unpaired) electrons. The van der Waals surface area contributed by atoms with Crippen molar-refractivity contribution in [1.82, 2.24) is 4.90 Å². The Hall–Kier alpha value is -1.59. The molecular formula is C16H24N2O3. The lowest BCUT2D eigenvalue weighted by Crippen LogP contribution is -2.41. The van der Waals surface area contributed by atoms with Gasteiger partial charge in [-0.05, 0) is 44.0 Å². The van der Waals surface area contributed by atoms with Crippen LogP contribution in [0.3, 0.4) is 0 Å². The summed E-state index contributed by atoms with van der Waals surface area (Å²) in [5.41, 5.74) is 1.76. The Bertz CT molecular complexity index is 439. The fourth-order valence-corrected chi connectivity index (χ4v) is 2.56. The molecule has 21 heavy (non-hydrogen) atoms. The molecule has 1 amide bonds. The smallest absolute Gasteiger partial charge is 0.253 e. The van der Waals surface area contributed by atoms with Crippen molar-refractivity contribution in [2.24, 2.45) is 0 Å². The van der Waals surface area contributed by atoms with Crippen LogP contribution in [0, 0.1) is 0 Å². The zero-order valence-corrected chi connectivity index (χ0v) is 12.5. The topological polar surface area (TPSA) is 61.8 Å². The Morgan fingerprint density at radius 3 is 2.57 bits per heavy atom. The molecule has 0 unspecified atom stereocenters. The number of amides is 1. The second-order valence-corrected chi connectivity index (χ2v) is 5.19. The molecule has 1 aliphatic heterocycles. The first kappa shape index (κ1) is 15.8. The van der Waals surface area contributed by atoms with Crippen LogP contribution in [-0.4, -0.2) is 54.9 Å². The number of ether oxygens (including phenoxy) is 1. The van der Waals surface area contributed by atoms with Gasteiger partial charge in [0.05, 0.1) is 19.3 Å². The van der Waals surface area contributed by atoms with E-state index in [4.69, 9.17) is 9.84 Å². The summed E-state index contributed by atoms with van der Waals surface area (Å²) in [4.78, 5) is 14.3. The number of aliphatic hydroxyl groups excluding tert-OH is 1. The number of likely N-dealkylation sites (tertiary alicyclic amines) is 1. The zero-order valence-electron chi connectivity index (χ0n) is 12.5. The minimum absolute atomic E-state index is 0.0529. The fourth-order valence-electron chi connectivity index (χ4n) is 2.56. The van der Waals surface area contributed by atoms with Gasteiger partial charge in [-0.3, -0.25) is 4.79 Å². The number of benzene rings is 1. The molecule has 116 valence electrons. The largest absolute Gasteiger partial charge is 0.394 e. The van der Waals surface area contributed by atoms with E-state index in [1.807, 2.05) is 36.1 Å². The first-order valence-corrected chi connectivity index (χ1v) is 7.60. The van der Waals surface area contributed by atoms with Gasteiger partial charge in [-0.2, -0.15) is 0 Å². The summed E-state index contributed by atoms with van der Waals surface area (Å²) in [7, 11) is 0. The van der Waals surface area contributed by atoms with Crippen LogP contribution in [0.25, 0.3) is 0 Å². The average Bonchev–Trinajstić information content (AvgIpc) is 2.54. The molecule has 0 spiro atoms. The maximum absolute atomic E-state index is 12.4. The molecule has 1 heterocycles. The maximum Gasteiger partial charge on any atom is 0.253 e. The van der Waals surface area contributed by atoms with Gasteiger partial charge in [-0.1, -0.05) is 0 Å². The summed E-state index contributed by atoms with van der Waals surface area (Å²) >= 11 is 0. The first-order valence-electron chi connectivity index (χ1n) is 7.60. The van der Waals surface area contributed by atoms with Crippen LogP contribution < -0.4 is 5.32 Å². The summed E-state index contributed by atoms with van der Waals surface area (Å²) in [6.07, 6.45) is 1.83. The van der Waals surface area contributed by atoms with Crippen LogP contribution in [0.4, 0.5) is 5.69 Å². The highest BCUT2D eigenvalue weighted by atomic mass is 16.5. The number of carbonyl (C=O) groups is 1. The Kier molecular flexibility index (Phi) is 6.02. The van der Waals surface area contributed by atoms with Crippen LogP contribution in [0.5, 0.6) is 0 Å². The molecule has 5 heteroatoms. The number of nitrogens with zero attached hydrogens (tertiary/aromatic N) is 1. The highest BCUT2D eigenvalue weighted by Crippen LogP contribution is 2.17. The predicted octanol–water partition coefficient (Wildman–Crippen LogP) is 1.73. The van der Waals surface area contributed by atoms with E-state index < -0.39 is 0 Å². The Balaban J connectivity index is 1.86. The number of aliphatic hydroxyl groups is 1. The third-order valence-corrected chi connectivity index (χ3v) is 3.69. The van der Waals surface area contributed by atoms with Gasteiger partial charge in [0.25, 0.3) is 5.91 Å². The normalized spacial score (nSPS) is 16.0. The minimum atomic E-state index is 0.0529. The van der Waals surface area contributed by atoms with Crippen molar-refractivity contribution in [2.75, 3.05) is 38.2 Å². The van der Waals surface area contributed by atoms with E-state index in [9.17, 15) is 4.79 Å². The van der Waals surface area contributed by atoms with Gasteiger partial charge >= 0.3 is 0 Å². The van der Waals surface area contributed by atoms with Gasteiger partial charge in [0, 0.05) is 30.9 Å². The van der Waals surface area contributed by atoms with Crippen LogP contribution in [0.2, 0.25) is 0 Å². The van der Waals surface area contributed by atoms with Crippen molar-refractivity contribution < 1.29 is 14.6 Å². The molecule has 5 nitrogen and oxygen atoms in total. The number of anilines is 1. The molecule has 0 atom stereocenters. The van der Waals surface area contributed by atoms with E-state index in [0.29, 0.717) is 19.7 Å². The van der Waals surface area contributed by atoms with Crippen molar-refractivity contribution in [3.63, 3.8) is 0 Å². The van der Waals surface area contributed by atoms with E-state index in [1.54, 1.807) is 0 Å². The van der Waals surface area contributed by atoms with Crippen LogP contribution in [0.15, 0.2) is 24.3 Å². The lowest BCUT2D eigenvalue weighted by Gasteiger charge is -2.32.